The Labute approximate surface area is 186 Å². The van der Waals surface area contributed by atoms with Crippen LogP contribution >= 0.6 is 0 Å². The summed E-state index contributed by atoms with van der Waals surface area (Å²) in [4.78, 5) is 16.6. The average molecular weight is 452 g/mol. The van der Waals surface area contributed by atoms with E-state index in [-0.39, 0.29) is 5.91 Å². The molecule has 1 fully saturated rings. The highest BCUT2D eigenvalue weighted by Crippen LogP contribution is 2.35. The van der Waals surface area contributed by atoms with Gasteiger partial charge < -0.3 is 5.32 Å². The number of nitrogens with zero attached hydrogens (tertiary/aromatic N) is 5. The number of nitrogens with one attached hydrogen (secondary N) is 1. The minimum atomic E-state index is -4.36. The molecule has 168 valence electrons. The molecule has 1 saturated carbocycles. The molecule has 1 aromatic carbocycles. The summed E-state index contributed by atoms with van der Waals surface area (Å²) in [5, 5.41) is 11.6. The molecule has 3 aromatic heterocycles. The predicted molar refractivity (Wildman–Crippen MR) is 117 cm³/mol. The number of alkyl halides is 3. The van der Waals surface area contributed by atoms with Crippen molar-refractivity contribution in [2.45, 2.75) is 31.6 Å². The number of anilines is 1. The molecule has 10 heteroatoms. The number of halogens is 3. The first-order chi connectivity index (χ1) is 15.8. The van der Waals surface area contributed by atoms with E-state index in [1.807, 2.05) is 16.9 Å². The molecule has 5 rings (SSSR count). The lowest BCUT2D eigenvalue weighted by atomic mass is 10.0. The summed E-state index contributed by atoms with van der Waals surface area (Å²) >= 11 is 0. The van der Waals surface area contributed by atoms with Crippen molar-refractivity contribution in [3.05, 3.63) is 66.9 Å². The zero-order valence-electron chi connectivity index (χ0n) is 17.3. The largest absolute Gasteiger partial charge is 0.408 e. The smallest absolute Gasteiger partial charge is 0.322 e. The van der Waals surface area contributed by atoms with Crippen LogP contribution in [-0.4, -0.2) is 36.6 Å². The van der Waals surface area contributed by atoms with Gasteiger partial charge in [0.25, 0.3) is 0 Å². The van der Waals surface area contributed by atoms with Gasteiger partial charge in [-0.2, -0.15) is 23.4 Å². The van der Waals surface area contributed by atoms with Gasteiger partial charge in [-0.15, -0.1) is 0 Å². The molecule has 0 bridgehead atoms. The van der Waals surface area contributed by atoms with Gasteiger partial charge in [0, 0.05) is 53.1 Å². The third-order valence-electron chi connectivity index (χ3n) is 5.26. The maximum absolute atomic E-state index is 12.6. The molecule has 7 nitrogen and oxygen atoms in total. The second-order valence-corrected chi connectivity index (χ2v) is 7.94. The average Bonchev–Trinajstić information content (AvgIpc) is 3.36. The highest BCUT2D eigenvalue weighted by atomic mass is 19.4. The van der Waals surface area contributed by atoms with Crippen LogP contribution in [0.1, 0.15) is 24.4 Å². The van der Waals surface area contributed by atoms with E-state index >= 15 is 0 Å². The van der Waals surface area contributed by atoms with Crippen LogP contribution < -0.4 is 5.32 Å². The molecule has 0 atom stereocenters. The Morgan fingerprint density at radius 3 is 2.82 bits per heavy atom. The Bertz CT molecular complexity index is 1350. The monoisotopic (exact) mass is 452 g/mol. The summed E-state index contributed by atoms with van der Waals surface area (Å²) in [6.07, 6.45) is 9.46. The summed E-state index contributed by atoms with van der Waals surface area (Å²) in [5.41, 5.74) is 3.51. The zero-order valence-corrected chi connectivity index (χ0v) is 17.3. The fourth-order valence-corrected chi connectivity index (χ4v) is 3.59. The van der Waals surface area contributed by atoms with Crippen molar-refractivity contribution in [1.29, 1.82) is 0 Å². The number of hydrogen-bond donors (Lipinski definition) is 1. The van der Waals surface area contributed by atoms with Crippen LogP contribution in [0.15, 0.2) is 61.3 Å². The van der Waals surface area contributed by atoms with Gasteiger partial charge in [0.1, 0.15) is 6.54 Å². The quantitative estimate of drug-likeness (QED) is 0.425. The van der Waals surface area contributed by atoms with Crippen LogP contribution in [0.4, 0.5) is 18.9 Å². The number of carbonyl (C=O) groups excluding carboxylic acids is 1. The number of pyridine rings is 1. The van der Waals surface area contributed by atoms with Gasteiger partial charge in [0.05, 0.1) is 17.8 Å². The maximum Gasteiger partial charge on any atom is 0.408 e. The molecule has 3 heterocycles. The number of carbonyl (C=O) groups is 1. The van der Waals surface area contributed by atoms with E-state index in [1.165, 1.54) is 12.3 Å². The minimum absolute atomic E-state index is 0.375. The van der Waals surface area contributed by atoms with Gasteiger partial charge in [-0.3, -0.25) is 19.1 Å². The summed E-state index contributed by atoms with van der Waals surface area (Å²) < 4.78 is 40.6. The van der Waals surface area contributed by atoms with E-state index in [2.05, 4.69) is 20.5 Å². The van der Waals surface area contributed by atoms with Crippen molar-refractivity contribution in [2.75, 3.05) is 5.32 Å². The Morgan fingerprint density at radius 1 is 1.18 bits per heavy atom. The minimum Gasteiger partial charge on any atom is -0.322 e. The highest BCUT2D eigenvalue weighted by Gasteiger charge is 2.28. The third-order valence-corrected chi connectivity index (χ3v) is 5.26. The van der Waals surface area contributed by atoms with Gasteiger partial charge >= 0.3 is 6.18 Å². The number of fused-ring (bicyclic) bond motifs is 1. The molecule has 0 radical (unpaired) electrons. The van der Waals surface area contributed by atoms with Gasteiger partial charge in [-0.25, -0.2) is 0 Å². The highest BCUT2D eigenvalue weighted by molar-refractivity contribution is 6.03. The first-order valence-corrected chi connectivity index (χ1v) is 10.4. The van der Waals surface area contributed by atoms with Gasteiger partial charge in [0.2, 0.25) is 5.91 Å². The Morgan fingerprint density at radius 2 is 2.03 bits per heavy atom. The topological polar surface area (TPSA) is 77.6 Å². The van der Waals surface area contributed by atoms with Crippen molar-refractivity contribution >= 4 is 28.6 Å². The molecular weight excluding hydrogens is 433 g/mol. The first kappa shape index (κ1) is 20.9. The van der Waals surface area contributed by atoms with Gasteiger partial charge in [-0.1, -0.05) is 0 Å². The van der Waals surface area contributed by atoms with E-state index in [0.717, 1.165) is 34.2 Å². The van der Waals surface area contributed by atoms with Crippen molar-refractivity contribution in [1.82, 2.24) is 24.5 Å². The number of rotatable bonds is 6. The Kier molecular flexibility index (Phi) is 5.20. The van der Waals surface area contributed by atoms with Crippen molar-refractivity contribution in [3.8, 4) is 11.1 Å². The zero-order chi connectivity index (χ0) is 23.0. The van der Waals surface area contributed by atoms with Gasteiger partial charge in [0.15, 0.2) is 0 Å². The van der Waals surface area contributed by atoms with Crippen LogP contribution in [-0.2, 0) is 11.3 Å². The fraction of sp³-hybridized carbons (Fsp3) is 0.217. The molecule has 1 N–H and O–H groups in total. The van der Waals surface area contributed by atoms with Crippen molar-refractivity contribution in [3.63, 3.8) is 0 Å². The van der Waals surface area contributed by atoms with E-state index in [1.54, 1.807) is 42.9 Å². The second-order valence-electron chi connectivity index (χ2n) is 7.94. The summed E-state index contributed by atoms with van der Waals surface area (Å²) in [7, 11) is 0. The molecule has 33 heavy (non-hydrogen) atoms. The fourth-order valence-electron chi connectivity index (χ4n) is 3.59. The van der Waals surface area contributed by atoms with E-state index in [4.69, 9.17) is 0 Å². The molecule has 0 unspecified atom stereocenters. The molecular formula is C23H19F3N6O. The van der Waals surface area contributed by atoms with Crippen LogP contribution in [0, 0.1) is 0 Å². The lowest BCUT2D eigenvalue weighted by Crippen LogP contribution is -2.17. The Balaban J connectivity index is 1.30. The molecule has 4 aromatic rings. The number of amides is 1. The second kappa shape index (κ2) is 8.19. The van der Waals surface area contributed by atoms with E-state index in [0.29, 0.717) is 22.6 Å². The third kappa shape index (κ3) is 4.94. The molecule has 0 saturated heterocycles. The summed E-state index contributed by atoms with van der Waals surface area (Å²) in [5.74, 6) is -0.375. The predicted octanol–water partition coefficient (Wildman–Crippen LogP) is 4.84. The molecule has 1 amide bonds. The summed E-state index contributed by atoms with van der Waals surface area (Å²) in [6, 6.07) is 7.10. The van der Waals surface area contributed by atoms with Crippen molar-refractivity contribution in [2.24, 2.45) is 0 Å². The molecule has 0 aliphatic heterocycles. The lowest BCUT2D eigenvalue weighted by molar-refractivity contribution is -0.142. The standard InChI is InChI=1S/C23H19F3N6O/c24-23(25,26)14-31-12-16-9-18(2-5-21(16)30-31)29-22(33)6-1-15-10-27-8-7-20(15)17-11-28-32(13-17)19-3-4-19/h1-2,5-13,19H,3-4,14H2,(H,29,33)/b6-1+. The van der Waals surface area contributed by atoms with Crippen LogP contribution in [0.2, 0.25) is 0 Å². The lowest BCUT2D eigenvalue weighted by Gasteiger charge is -2.04. The van der Waals surface area contributed by atoms with E-state index < -0.39 is 12.7 Å². The van der Waals surface area contributed by atoms with Crippen LogP contribution in [0.5, 0.6) is 0 Å². The van der Waals surface area contributed by atoms with Gasteiger partial charge in [-0.05, 0) is 48.7 Å². The maximum atomic E-state index is 12.6. The SMILES string of the molecule is O=C(/C=C/c1cnccc1-c1cnn(C2CC2)c1)Nc1ccc2nn(CC(F)(F)F)cc2c1. The van der Waals surface area contributed by atoms with E-state index in [9.17, 15) is 18.0 Å². The first-order valence-electron chi connectivity index (χ1n) is 10.4. The number of benzene rings is 1. The number of hydrogen-bond acceptors (Lipinski definition) is 4. The van der Waals surface area contributed by atoms with Crippen LogP contribution in [0.25, 0.3) is 28.1 Å². The van der Waals surface area contributed by atoms with Crippen LogP contribution in [0.3, 0.4) is 0 Å². The number of aromatic nitrogens is 5. The van der Waals surface area contributed by atoms with Crippen molar-refractivity contribution < 1.29 is 18.0 Å². The summed E-state index contributed by atoms with van der Waals surface area (Å²) in [6.45, 7) is -1.17. The normalized spacial score (nSPS) is 14.3. The molecule has 0 spiro atoms. The molecule has 1 aliphatic carbocycles. The Hall–Kier alpha value is -3.95. The molecule has 1 aliphatic rings.